The van der Waals surface area contributed by atoms with Crippen molar-refractivity contribution in [2.75, 3.05) is 48.9 Å². The summed E-state index contributed by atoms with van der Waals surface area (Å²) in [6, 6.07) is 7.58. The number of halogens is 1. The maximum atomic E-state index is 9.34. The number of aliphatic hydroxyl groups excluding tert-OH is 3. The highest BCUT2D eigenvalue weighted by atomic mass is 35.5. The average molecular weight is 289 g/mol. The number of alkyl halides is 1. The van der Waals surface area contributed by atoms with Gasteiger partial charge in [-0.05, 0) is 24.3 Å². The number of aliphatic hydroxyl groups is 3. The Morgan fingerprint density at radius 2 is 1.68 bits per heavy atom. The molecule has 1 unspecified atom stereocenters. The van der Waals surface area contributed by atoms with Crippen molar-refractivity contribution >= 4 is 23.0 Å². The van der Waals surface area contributed by atoms with Crippen LogP contribution >= 0.6 is 11.6 Å². The first-order chi connectivity index (χ1) is 9.21. The Morgan fingerprint density at radius 1 is 1.11 bits per heavy atom. The second kappa shape index (κ2) is 8.98. The van der Waals surface area contributed by atoms with Gasteiger partial charge >= 0.3 is 0 Å². The molecule has 6 heteroatoms. The van der Waals surface area contributed by atoms with Crippen LogP contribution in [0.3, 0.4) is 0 Å². The molecule has 0 amide bonds. The molecule has 1 aromatic carbocycles. The topological polar surface area (TPSA) is 76.0 Å². The van der Waals surface area contributed by atoms with Crippen LogP contribution in [-0.4, -0.2) is 60.2 Å². The van der Waals surface area contributed by atoms with Gasteiger partial charge in [-0.25, -0.2) is 0 Å². The van der Waals surface area contributed by atoms with Crippen LogP contribution in [-0.2, 0) is 0 Å². The van der Waals surface area contributed by atoms with Crippen LogP contribution in [0.25, 0.3) is 0 Å². The first kappa shape index (κ1) is 16.0. The quantitative estimate of drug-likeness (QED) is 0.498. The van der Waals surface area contributed by atoms with Gasteiger partial charge in [-0.2, -0.15) is 0 Å². The van der Waals surface area contributed by atoms with Gasteiger partial charge in [0.2, 0.25) is 0 Å². The summed E-state index contributed by atoms with van der Waals surface area (Å²) in [5.41, 5.74) is 1.83. The molecule has 1 atom stereocenters. The molecule has 0 saturated carbocycles. The largest absolute Gasteiger partial charge is 0.395 e. The summed E-state index contributed by atoms with van der Waals surface area (Å²) in [6.07, 6.45) is -0.568. The predicted octanol–water partition coefficient (Wildman–Crippen LogP) is 0.489. The van der Waals surface area contributed by atoms with E-state index in [1.807, 2.05) is 29.2 Å². The van der Waals surface area contributed by atoms with Crippen molar-refractivity contribution in [1.82, 2.24) is 0 Å². The SMILES string of the molecule is OCCN(CCO)c1ccc(NCC(O)CCl)cc1. The van der Waals surface area contributed by atoms with Crippen molar-refractivity contribution in [2.45, 2.75) is 6.10 Å². The molecule has 0 spiro atoms. The summed E-state index contributed by atoms with van der Waals surface area (Å²) < 4.78 is 0. The monoisotopic (exact) mass is 288 g/mol. The van der Waals surface area contributed by atoms with Crippen LogP contribution in [0.15, 0.2) is 24.3 Å². The minimum atomic E-state index is -0.568. The molecular weight excluding hydrogens is 268 g/mol. The summed E-state index contributed by atoms with van der Waals surface area (Å²) in [7, 11) is 0. The molecule has 4 N–H and O–H groups in total. The standard InChI is InChI=1S/C13H21ClN2O3/c14-9-13(19)10-15-11-1-3-12(4-2-11)16(5-7-17)6-8-18/h1-4,13,15,17-19H,5-10H2. The smallest absolute Gasteiger partial charge is 0.0847 e. The van der Waals surface area contributed by atoms with E-state index in [9.17, 15) is 5.11 Å². The Hall–Kier alpha value is -1.01. The fraction of sp³-hybridized carbons (Fsp3) is 0.538. The molecule has 0 aliphatic rings. The number of benzene rings is 1. The van der Waals surface area contributed by atoms with Crippen LogP contribution in [0, 0.1) is 0 Å². The molecule has 0 radical (unpaired) electrons. The van der Waals surface area contributed by atoms with Crippen molar-refractivity contribution in [3.63, 3.8) is 0 Å². The maximum Gasteiger partial charge on any atom is 0.0847 e. The summed E-state index contributed by atoms with van der Waals surface area (Å²) in [5.74, 6) is 0.200. The fourth-order valence-electron chi connectivity index (χ4n) is 1.69. The van der Waals surface area contributed by atoms with E-state index in [0.29, 0.717) is 19.6 Å². The number of anilines is 2. The van der Waals surface area contributed by atoms with E-state index in [1.165, 1.54) is 0 Å². The highest BCUT2D eigenvalue weighted by molar-refractivity contribution is 6.18. The van der Waals surface area contributed by atoms with E-state index in [2.05, 4.69) is 5.32 Å². The molecule has 108 valence electrons. The Labute approximate surface area is 118 Å². The molecule has 1 rings (SSSR count). The molecular formula is C13H21ClN2O3. The molecule has 0 saturated heterocycles. The van der Waals surface area contributed by atoms with Gasteiger partial charge in [-0.3, -0.25) is 0 Å². The van der Waals surface area contributed by atoms with E-state index < -0.39 is 6.10 Å². The van der Waals surface area contributed by atoms with Gasteiger partial charge < -0.3 is 25.5 Å². The van der Waals surface area contributed by atoms with Crippen LogP contribution in [0.4, 0.5) is 11.4 Å². The predicted molar refractivity (Wildman–Crippen MR) is 78.0 cm³/mol. The summed E-state index contributed by atoms with van der Waals surface area (Å²) >= 11 is 5.51. The Bertz CT molecular complexity index is 342. The first-order valence-electron chi connectivity index (χ1n) is 6.26. The molecule has 0 heterocycles. The van der Waals surface area contributed by atoms with Gasteiger partial charge in [-0.15, -0.1) is 11.6 Å². The Balaban J connectivity index is 2.58. The lowest BCUT2D eigenvalue weighted by atomic mass is 10.2. The van der Waals surface area contributed by atoms with Gasteiger partial charge in [0, 0.05) is 31.0 Å². The number of hydrogen-bond acceptors (Lipinski definition) is 5. The third kappa shape index (κ3) is 5.65. The zero-order chi connectivity index (χ0) is 14.1. The van der Waals surface area contributed by atoms with Crippen LogP contribution in [0.1, 0.15) is 0 Å². The summed E-state index contributed by atoms with van der Waals surface area (Å²) in [4.78, 5) is 1.90. The Morgan fingerprint density at radius 3 is 2.16 bits per heavy atom. The van der Waals surface area contributed by atoms with Crippen LogP contribution in [0.2, 0.25) is 0 Å². The second-order valence-electron chi connectivity index (χ2n) is 4.17. The molecule has 0 bridgehead atoms. The van der Waals surface area contributed by atoms with Crippen molar-refractivity contribution < 1.29 is 15.3 Å². The van der Waals surface area contributed by atoms with E-state index in [0.717, 1.165) is 11.4 Å². The minimum Gasteiger partial charge on any atom is -0.395 e. The number of rotatable bonds is 9. The number of nitrogens with zero attached hydrogens (tertiary/aromatic N) is 1. The lowest BCUT2D eigenvalue weighted by molar-refractivity contribution is 0.211. The van der Waals surface area contributed by atoms with Gasteiger partial charge in [0.15, 0.2) is 0 Å². The first-order valence-corrected chi connectivity index (χ1v) is 6.79. The van der Waals surface area contributed by atoms with Gasteiger partial charge in [0.05, 0.1) is 25.2 Å². The third-order valence-electron chi connectivity index (χ3n) is 2.69. The zero-order valence-corrected chi connectivity index (χ0v) is 11.6. The van der Waals surface area contributed by atoms with E-state index in [4.69, 9.17) is 21.8 Å². The third-order valence-corrected chi connectivity index (χ3v) is 3.05. The van der Waals surface area contributed by atoms with Gasteiger partial charge in [0.25, 0.3) is 0 Å². The lowest BCUT2D eigenvalue weighted by Gasteiger charge is -2.23. The zero-order valence-electron chi connectivity index (χ0n) is 10.8. The Kier molecular flexibility index (Phi) is 7.59. The van der Waals surface area contributed by atoms with Gasteiger partial charge in [0.1, 0.15) is 0 Å². The summed E-state index contributed by atoms with van der Waals surface area (Å²) in [5, 5.41) is 30.4. The van der Waals surface area contributed by atoms with Crippen molar-refractivity contribution in [3.8, 4) is 0 Å². The highest BCUT2D eigenvalue weighted by Gasteiger charge is 2.05. The van der Waals surface area contributed by atoms with Crippen molar-refractivity contribution in [3.05, 3.63) is 24.3 Å². The number of nitrogens with one attached hydrogen (secondary N) is 1. The minimum absolute atomic E-state index is 0.0436. The van der Waals surface area contributed by atoms with Crippen molar-refractivity contribution in [2.24, 2.45) is 0 Å². The molecule has 1 aromatic rings. The molecule has 0 aromatic heterocycles. The van der Waals surface area contributed by atoms with Crippen LogP contribution in [0.5, 0.6) is 0 Å². The molecule has 5 nitrogen and oxygen atoms in total. The highest BCUT2D eigenvalue weighted by Crippen LogP contribution is 2.17. The van der Waals surface area contributed by atoms with E-state index >= 15 is 0 Å². The molecule has 19 heavy (non-hydrogen) atoms. The van der Waals surface area contributed by atoms with Crippen molar-refractivity contribution in [1.29, 1.82) is 0 Å². The lowest BCUT2D eigenvalue weighted by Crippen LogP contribution is -2.29. The van der Waals surface area contributed by atoms with Gasteiger partial charge in [-0.1, -0.05) is 0 Å². The molecule has 0 aliphatic carbocycles. The van der Waals surface area contributed by atoms with Crippen LogP contribution < -0.4 is 10.2 Å². The maximum absolute atomic E-state index is 9.34. The van der Waals surface area contributed by atoms with E-state index in [1.54, 1.807) is 0 Å². The second-order valence-corrected chi connectivity index (χ2v) is 4.48. The summed E-state index contributed by atoms with van der Waals surface area (Å²) in [6.45, 7) is 1.46. The molecule has 0 fully saturated rings. The fourth-order valence-corrected chi connectivity index (χ4v) is 1.80. The number of hydrogen-bond donors (Lipinski definition) is 4. The average Bonchev–Trinajstić information content (AvgIpc) is 2.45. The van der Waals surface area contributed by atoms with E-state index in [-0.39, 0.29) is 19.1 Å². The normalized spacial score (nSPS) is 12.2. The molecule has 0 aliphatic heterocycles.